The average Bonchev–Trinajstić information content (AvgIpc) is 0.811. The summed E-state index contributed by atoms with van der Waals surface area (Å²) in [4.78, 5) is 9.00. The summed E-state index contributed by atoms with van der Waals surface area (Å²) in [5.74, 6) is -0.833. The van der Waals surface area contributed by atoms with Gasteiger partial charge in [0.1, 0.15) is 0 Å². The van der Waals surface area contributed by atoms with Crippen molar-refractivity contribution in [1.82, 2.24) is 0 Å². The molecule has 8 heavy (non-hydrogen) atoms. The van der Waals surface area contributed by atoms with Crippen molar-refractivity contribution in [3.8, 4) is 0 Å². The fourth-order valence-electron chi connectivity index (χ4n) is 0. The van der Waals surface area contributed by atoms with Gasteiger partial charge in [-0.15, -0.1) is 0 Å². The minimum Gasteiger partial charge on any atom is -2.00 e. The van der Waals surface area contributed by atoms with E-state index in [1.54, 1.807) is 0 Å². The quantitative estimate of drug-likeness (QED) is 0.557. The van der Waals surface area contributed by atoms with Crippen molar-refractivity contribution in [2.75, 3.05) is 0 Å². The van der Waals surface area contributed by atoms with E-state index in [0.717, 1.165) is 6.92 Å². The Bertz CT molecular complexity index is 37.0. The second-order valence-corrected chi connectivity index (χ2v) is 0.519. The monoisotopic (exact) mass is 205 g/mol. The van der Waals surface area contributed by atoms with Crippen LogP contribution in [-0.4, -0.2) is 11.1 Å². The first-order chi connectivity index (χ1) is 1.73. The van der Waals surface area contributed by atoms with E-state index in [-0.39, 0.29) is 44.5 Å². The molecule has 1 N–H and O–H groups in total. The van der Waals surface area contributed by atoms with Crippen molar-refractivity contribution in [1.29, 1.82) is 0 Å². The van der Waals surface area contributed by atoms with Gasteiger partial charge in [-0.2, -0.15) is 0 Å². The number of carboxylic acids is 1. The molecule has 6 heteroatoms. The Balaban J connectivity index is -0.00000000750. The van der Waals surface area contributed by atoms with Crippen LogP contribution in [0.25, 0.3) is 0 Å². The van der Waals surface area contributed by atoms with Crippen LogP contribution in [0.15, 0.2) is 0 Å². The zero-order chi connectivity index (χ0) is 3.58. The maximum Gasteiger partial charge on any atom is 2.00 e. The zero-order valence-electron chi connectivity index (χ0n) is 3.87. The molecule has 0 saturated carbocycles. The van der Waals surface area contributed by atoms with Crippen LogP contribution < -0.4 is 0 Å². The van der Waals surface area contributed by atoms with E-state index in [1.165, 1.54) is 0 Å². The molecule has 0 saturated heterocycles. The Morgan fingerprint density at radius 2 is 1.38 bits per heavy atom. The van der Waals surface area contributed by atoms with E-state index in [4.69, 9.17) is 9.90 Å². The summed E-state index contributed by atoms with van der Waals surface area (Å²) >= 11 is 0. The molecule has 0 amide bonds. The van der Waals surface area contributed by atoms with Gasteiger partial charge in [-0.05, 0) is 0 Å². The molecule has 0 rings (SSSR count). The minimum atomic E-state index is -0.833. The molecular formula is C2H4MnNiO4. The summed E-state index contributed by atoms with van der Waals surface area (Å²) in [6.45, 7) is 1.08. The molecule has 0 fully saturated rings. The van der Waals surface area contributed by atoms with Crippen molar-refractivity contribution in [2.45, 2.75) is 6.92 Å². The molecule has 0 aromatic rings. The predicted molar refractivity (Wildman–Crippen MR) is 14.7 cm³/mol. The van der Waals surface area contributed by atoms with E-state index in [2.05, 4.69) is 0 Å². The van der Waals surface area contributed by atoms with E-state index >= 15 is 0 Å². The molecule has 0 heterocycles. The Hall–Kier alpha value is 0.403. The number of carbonyl (C=O) groups is 1. The van der Waals surface area contributed by atoms with Gasteiger partial charge in [0.05, 0.1) is 0 Å². The van der Waals surface area contributed by atoms with Gasteiger partial charge < -0.3 is 16.1 Å². The van der Waals surface area contributed by atoms with Crippen LogP contribution in [0.2, 0.25) is 0 Å². The number of hydrogen-bond donors (Lipinski definition) is 1. The SMILES string of the molecule is CC(=O)O.[Mn+2].[Ni+2].[O-2].[O-2]. The summed E-state index contributed by atoms with van der Waals surface area (Å²) in [5.41, 5.74) is 0. The van der Waals surface area contributed by atoms with Crippen LogP contribution in [0.5, 0.6) is 0 Å². The van der Waals surface area contributed by atoms with Gasteiger partial charge in [0, 0.05) is 6.92 Å². The number of carboxylic acid groups (broad SMARTS) is 1. The van der Waals surface area contributed by atoms with E-state index < -0.39 is 5.97 Å². The van der Waals surface area contributed by atoms with Crippen molar-refractivity contribution in [2.24, 2.45) is 0 Å². The van der Waals surface area contributed by atoms with Gasteiger partial charge in [0.15, 0.2) is 0 Å². The van der Waals surface area contributed by atoms with Crippen molar-refractivity contribution in [3.05, 3.63) is 0 Å². The van der Waals surface area contributed by atoms with Crippen molar-refractivity contribution < 1.29 is 54.4 Å². The van der Waals surface area contributed by atoms with Crippen LogP contribution in [0.4, 0.5) is 0 Å². The number of hydrogen-bond acceptors (Lipinski definition) is 1. The Kier molecular flexibility index (Phi) is 130. The second kappa shape index (κ2) is 26.2. The molecular weight excluding hydrogens is 202 g/mol. The van der Waals surface area contributed by atoms with Gasteiger partial charge in [0.25, 0.3) is 5.97 Å². The summed E-state index contributed by atoms with van der Waals surface area (Å²) in [6, 6.07) is 0. The minimum absolute atomic E-state index is 0. The van der Waals surface area contributed by atoms with Crippen LogP contribution in [0, 0.1) is 0 Å². The van der Waals surface area contributed by atoms with Gasteiger partial charge in [-0.1, -0.05) is 0 Å². The average molecular weight is 206 g/mol. The number of aliphatic carboxylic acids is 1. The first-order valence-corrected chi connectivity index (χ1v) is 0.928. The molecule has 0 aromatic carbocycles. The first kappa shape index (κ1) is 39.8. The van der Waals surface area contributed by atoms with Gasteiger partial charge in [-0.25, -0.2) is 0 Å². The first-order valence-electron chi connectivity index (χ1n) is 0.928. The molecule has 0 aliphatic rings. The fourth-order valence-corrected chi connectivity index (χ4v) is 0. The van der Waals surface area contributed by atoms with Crippen LogP contribution in [-0.2, 0) is 49.3 Å². The van der Waals surface area contributed by atoms with Crippen LogP contribution in [0.3, 0.4) is 0 Å². The third-order valence-electron chi connectivity index (χ3n) is 0. The largest absolute Gasteiger partial charge is 2.00 e. The standard InChI is InChI=1S/C2H4O2.Mn.Ni.2O/c1-2(3)4;;;;/h1H3,(H,3,4);;;;/q;2*+2;2*-2. The van der Waals surface area contributed by atoms with E-state index in [9.17, 15) is 0 Å². The molecule has 0 atom stereocenters. The summed E-state index contributed by atoms with van der Waals surface area (Å²) < 4.78 is 0. The van der Waals surface area contributed by atoms with Gasteiger partial charge in [0.2, 0.25) is 0 Å². The molecule has 0 bridgehead atoms. The third-order valence-corrected chi connectivity index (χ3v) is 0. The van der Waals surface area contributed by atoms with Crippen molar-refractivity contribution >= 4 is 5.97 Å². The maximum absolute atomic E-state index is 9.00. The predicted octanol–water partition coefficient (Wildman–Crippen LogP) is -0.152. The zero-order valence-corrected chi connectivity index (χ0v) is 6.03. The Labute approximate surface area is 67.7 Å². The molecule has 0 unspecified atom stereocenters. The molecule has 0 aromatic heterocycles. The van der Waals surface area contributed by atoms with E-state index in [0.29, 0.717) is 0 Å². The van der Waals surface area contributed by atoms with E-state index in [1.807, 2.05) is 0 Å². The van der Waals surface area contributed by atoms with Crippen LogP contribution in [0.1, 0.15) is 6.92 Å². The molecule has 4 nitrogen and oxygen atoms in total. The maximum atomic E-state index is 9.00. The summed E-state index contributed by atoms with van der Waals surface area (Å²) in [7, 11) is 0. The summed E-state index contributed by atoms with van der Waals surface area (Å²) in [6.07, 6.45) is 0. The van der Waals surface area contributed by atoms with Crippen LogP contribution >= 0.6 is 0 Å². The van der Waals surface area contributed by atoms with Crippen molar-refractivity contribution in [3.63, 3.8) is 0 Å². The normalized spacial score (nSPS) is 3.12. The topological polar surface area (TPSA) is 94.3 Å². The second-order valence-electron chi connectivity index (χ2n) is 0.519. The summed E-state index contributed by atoms with van der Waals surface area (Å²) in [5, 5.41) is 7.42. The fraction of sp³-hybridized carbons (Fsp3) is 0.500. The molecule has 0 aliphatic heterocycles. The van der Waals surface area contributed by atoms with Gasteiger partial charge in [-0.3, -0.25) is 4.79 Å². The Morgan fingerprint density at radius 1 is 1.38 bits per heavy atom. The number of rotatable bonds is 0. The van der Waals surface area contributed by atoms with Gasteiger partial charge >= 0.3 is 33.6 Å². The Morgan fingerprint density at radius 3 is 1.38 bits per heavy atom. The molecule has 0 aliphatic carbocycles. The molecule has 1 radical (unpaired) electrons. The molecule has 0 spiro atoms. The third kappa shape index (κ3) is 1150. The molecule has 53 valence electrons. The smallest absolute Gasteiger partial charge is 2.00 e.